The highest BCUT2D eigenvalue weighted by atomic mass is 19.3. The number of alkyl halides is 6. The quantitative estimate of drug-likeness (QED) is 0.618. The van der Waals surface area contributed by atoms with Crippen molar-refractivity contribution in [2.75, 3.05) is 0 Å². The molecule has 0 rings (SSSR count). The SMILES string of the molecule is CC(F)(F)[CH]CC(F)(F)C(C)(F)F. The van der Waals surface area contributed by atoms with Gasteiger partial charge in [-0.15, -0.1) is 0 Å². The standard InChI is InChI=1S/C7H9F6/c1-5(8,9)3-4-7(12,13)6(2,10)11/h3H,4H2,1-2H3. The Morgan fingerprint density at radius 2 is 1.31 bits per heavy atom. The van der Waals surface area contributed by atoms with Crippen LogP contribution in [0.15, 0.2) is 0 Å². The highest BCUT2D eigenvalue weighted by molar-refractivity contribution is 4.91. The monoisotopic (exact) mass is 207 g/mol. The third-order valence-electron chi connectivity index (χ3n) is 1.36. The minimum absolute atomic E-state index is 0.00531. The van der Waals surface area contributed by atoms with E-state index in [1.807, 2.05) is 0 Å². The van der Waals surface area contributed by atoms with Crippen molar-refractivity contribution in [1.82, 2.24) is 0 Å². The Morgan fingerprint density at radius 1 is 0.923 bits per heavy atom. The second-order valence-corrected chi connectivity index (χ2v) is 2.96. The highest BCUT2D eigenvalue weighted by Gasteiger charge is 2.52. The molecule has 6 heteroatoms. The molecule has 0 aliphatic heterocycles. The van der Waals surface area contributed by atoms with Gasteiger partial charge in [-0.3, -0.25) is 0 Å². The van der Waals surface area contributed by atoms with Crippen LogP contribution in [0.2, 0.25) is 0 Å². The Kier molecular flexibility index (Phi) is 3.27. The number of halogens is 6. The molecule has 0 aliphatic carbocycles. The maximum atomic E-state index is 12.3. The van der Waals surface area contributed by atoms with Gasteiger partial charge in [-0.25, -0.2) is 17.6 Å². The highest BCUT2D eigenvalue weighted by Crippen LogP contribution is 2.38. The molecule has 0 aliphatic rings. The molecule has 0 heterocycles. The van der Waals surface area contributed by atoms with Gasteiger partial charge >= 0.3 is 11.8 Å². The van der Waals surface area contributed by atoms with Gasteiger partial charge in [0, 0.05) is 19.8 Å². The fourth-order valence-electron chi connectivity index (χ4n) is 0.487. The molecule has 0 N–H and O–H groups in total. The van der Waals surface area contributed by atoms with Gasteiger partial charge in [-0.1, -0.05) is 0 Å². The van der Waals surface area contributed by atoms with Crippen LogP contribution in [0.3, 0.4) is 0 Å². The Hall–Kier alpha value is -0.420. The predicted octanol–water partition coefficient (Wildman–Crippen LogP) is 3.53. The number of rotatable bonds is 4. The van der Waals surface area contributed by atoms with Crippen LogP contribution in [-0.4, -0.2) is 17.8 Å². The molecule has 0 aromatic heterocycles. The fourth-order valence-corrected chi connectivity index (χ4v) is 0.487. The van der Waals surface area contributed by atoms with Crippen molar-refractivity contribution in [3.8, 4) is 0 Å². The van der Waals surface area contributed by atoms with E-state index < -0.39 is 24.2 Å². The molecule has 0 bridgehead atoms. The van der Waals surface area contributed by atoms with Crippen LogP contribution in [0.1, 0.15) is 20.3 Å². The lowest BCUT2D eigenvalue weighted by atomic mass is 10.1. The smallest absolute Gasteiger partial charge is 0.207 e. The fraction of sp³-hybridized carbons (Fsp3) is 0.857. The molecule has 0 aromatic carbocycles. The zero-order valence-corrected chi connectivity index (χ0v) is 7.05. The van der Waals surface area contributed by atoms with Crippen molar-refractivity contribution in [1.29, 1.82) is 0 Å². The molecule has 0 nitrogen and oxygen atoms in total. The summed E-state index contributed by atoms with van der Waals surface area (Å²) in [7, 11) is 0. The molecule has 13 heavy (non-hydrogen) atoms. The first kappa shape index (κ1) is 12.6. The summed E-state index contributed by atoms with van der Waals surface area (Å²) in [5, 5.41) is 0. The van der Waals surface area contributed by atoms with Crippen LogP contribution in [0, 0.1) is 6.42 Å². The zero-order valence-electron chi connectivity index (χ0n) is 7.05. The Balaban J connectivity index is 4.21. The number of hydrogen-bond donors (Lipinski definition) is 0. The van der Waals surface area contributed by atoms with E-state index in [2.05, 4.69) is 0 Å². The van der Waals surface area contributed by atoms with Crippen LogP contribution >= 0.6 is 0 Å². The molecule has 0 spiro atoms. The van der Waals surface area contributed by atoms with Crippen molar-refractivity contribution in [3.63, 3.8) is 0 Å². The molecule has 79 valence electrons. The lowest BCUT2D eigenvalue weighted by Gasteiger charge is -2.23. The van der Waals surface area contributed by atoms with Gasteiger partial charge in [0.25, 0.3) is 0 Å². The first-order valence-corrected chi connectivity index (χ1v) is 3.43. The summed E-state index contributed by atoms with van der Waals surface area (Å²) in [6.07, 6.45) is -1.76. The van der Waals surface area contributed by atoms with Gasteiger partial charge in [0.1, 0.15) is 0 Å². The molecule has 0 unspecified atom stereocenters. The minimum Gasteiger partial charge on any atom is -0.207 e. The minimum atomic E-state index is -4.42. The van der Waals surface area contributed by atoms with Gasteiger partial charge in [-0.05, 0) is 6.92 Å². The first-order chi connectivity index (χ1) is 5.46. The van der Waals surface area contributed by atoms with Crippen LogP contribution in [0.25, 0.3) is 0 Å². The van der Waals surface area contributed by atoms with Crippen molar-refractivity contribution in [3.05, 3.63) is 6.42 Å². The van der Waals surface area contributed by atoms with Crippen LogP contribution in [-0.2, 0) is 0 Å². The van der Waals surface area contributed by atoms with Gasteiger partial charge in [0.2, 0.25) is 5.92 Å². The second-order valence-electron chi connectivity index (χ2n) is 2.96. The van der Waals surface area contributed by atoms with Crippen LogP contribution < -0.4 is 0 Å². The summed E-state index contributed by atoms with van der Waals surface area (Å²) in [6.45, 7) is 0.353. The summed E-state index contributed by atoms with van der Waals surface area (Å²) >= 11 is 0. The third-order valence-corrected chi connectivity index (χ3v) is 1.36. The largest absolute Gasteiger partial charge is 0.310 e. The van der Waals surface area contributed by atoms with Crippen molar-refractivity contribution >= 4 is 0 Å². The van der Waals surface area contributed by atoms with Gasteiger partial charge in [-0.2, -0.15) is 8.78 Å². The summed E-state index contributed by atoms with van der Waals surface area (Å²) in [6, 6.07) is 0. The average molecular weight is 207 g/mol. The van der Waals surface area contributed by atoms with Crippen molar-refractivity contribution in [2.45, 2.75) is 38.0 Å². The zero-order chi connectivity index (χ0) is 10.9. The molecular formula is C7H9F6. The summed E-state index contributed by atoms with van der Waals surface area (Å²) < 4.78 is 72.8. The Bertz CT molecular complexity index is 163. The summed E-state index contributed by atoms with van der Waals surface area (Å²) in [4.78, 5) is 0. The average Bonchev–Trinajstić information content (AvgIpc) is 1.79. The van der Waals surface area contributed by atoms with E-state index in [4.69, 9.17) is 0 Å². The lowest BCUT2D eigenvalue weighted by Crippen LogP contribution is -2.38. The molecule has 1 radical (unpaired) electrons. The molecule has 0 atom stereocenters. The third kappa shape index (κ3) is 4.38. The van der Waals surface area contributed by atoms with E-state index in [9.17, 15) is 26.3 Å². The van der Waals surface area contributed by atoms with E-state index in [-0.39, 0.29) is 13.3 Å². The molecule has 0 saturated carbocycles. The van der Waals surface area contributed by atoms with Gasteiger partial charge in [0.15, 0.2) is 0 Å². The molecular weight excluding hydrogens is 198 g/mol. The van der Waals surface area contributed by atoms with Crippen LogP contribution in [0.5, 0.6) is 0 Å². The molecule has 0 amide bonds. The molecule has 0 saturated heterocycles. The predicted molar refractivity (Wildman–Crippen MR) is 35.1 cm³/mol. The van der Waals surface area contributed by atoms with Crippen molar-refractivity contribution in [2.24, 2.45) is 0 Å². The normalized spacial score (nSPS) is 14.8. The van der Waals surface area contributed by atoms with Gasteiger partial charge < -0.3 is 0 Å². The van der Waals surface area contributed by atoms with Crippen LogP contribution in [0.4, 0.5) is 26.3 Å². The van der Waals surface area contributed by atoms with E-state index in [1.54, 1.807) is 0 Å². The first-order valence-electron chi connectivity index (χ1n) is 3.43. The molecule has 0 fully saturated rings. The van der Waals surface area contributed by atoms with Gasteiger partial charge in [0.05, 0.1) is 0 Å². The Morgan fingerprint density at radius 3 is 1.54 bits per heavy atom. The summed E-state index contributed by atoms with van der Waals surface area (Å²) in [5.41, 5.74) is 0. The number of hydrogen-bond acceptors (Lipinski definition) is 0. The second kappa shape index (κ2) is 3.38. The summed E-state index contributed by atoms with van der Waals surface area (Å²) in [5.74, 6) is -12.2. The van der Waals surface area contributed by atoms with E-state index >= 15 is 0 Å². The van der Waals surface area contributed by atoms with E-state index in [0.29, 0.717) is 6.92 Å². The lowest BCUT2D eigenvalue weighted by molar-refractivity contribution is -0.199. The maximum Gasteiger partial charge on any atom is 0.310 e. The molecule has 0 aromatic rings. The van der Waals surface area contributed by atoms with E-state index in [0.717, 1.165) is 0 Å². The van der Waals surface area contributed by atoms with Crippen molar-refractivity contribution < 1.29 is 26.3 Å². The van der Waals surface area contributed by atoms with E-state index in [1.165, 1.54) is 0 Å². The maximum absolute atomic E-state index is 12.3. The Labute approximate surface area is 71.9 Å². The topological polar surface area (TPSA) is 0 Å².